The SMILES string of the molecule is CC(C)/C(=C\C(=O)N1CCN(c2ncccn2)CC1)c1ccc(C(C)C)cc1. The van der Waals surface area contributed by atoms with Gasteiger partial charge >= 0.3 is 0 Å². The fourth-order valence-corrected chi connectivity index (χ4v) is 3.45. The Morgan fingerprint density at radius 1 is 0.964 bits per heavy atom. The molecule has 0 radical (unpaired) electrons. The Bertz CT molecular complexity index is 804. The number of rotatable bonds is 5. The number of nitrogens with zero attached hydrogens (tertiary/aromatic N) is 4. The first-order valence-electron chi connectivity index (χ1n) is 10.1. The lowest BCUT2D eigenvalue weighted by atomic mass is 9.92. The molecule has 1 amide bonds. The predicted molar refractivity (Wildman–Crippen MR) is 114 cm³/mol. The molecule has 1 aromatic heterocycles. The molecule has 0 N–H and O–H groups in total. The molecule has 0 unspecified atom stereocenters. The minimum Gasteiger partial charge on any atom is -0.337 e. The van der Waals surface area contributed by atoms with Crippen LogP contribution in [0.4, 0.5) is 5.95 Å². The summed E-state index contributed by atoms with van der Waals surface area (Å²) in [6, 6.07) is 10.4. The Balaban J connectivity index is 1.69. The van der Waals surface area contributed by atoms with Crippen LogP contribution in [0.3, 0.4) is 0 Å². The maximum atomic E-state index is 12.9. The van der Waals surface area contributed by atoms with Crippen molar-refractivity contribution < 1.29 is 4.79 Å². The standard InChI is InChI=1S/C23H30N4O/c1-17(2)19-6-8-20(9-7-19)21(18(3)4)16-22(28)26-12-14-27(15-13-26)23-24-10-5-11-25-23/h5-11,16-18H,12-15H2,1-4H3/b21-16+. The molecule has 5 heteroatoms. The fraction of sp³-hybridized carbons (Fsp3) is 0.435. The van der Waals surface area contributed by atoms with E-state index in [9.17, 15) is 4.79 Å². The molecule has 28 heavy (non-hydrogen) atoms. The third-order valence-electron chi connectivity index (χ3n) is 5.24. The highest BCUT2D eigenvalue weighted by molar-refractivity contribution is 5.95. The lowest BCUT2D eigenvalue weighted by Crippen LogP contribution is -2.48. The first kappa shape index (κ1) is 20.1. The highest BCUT2D eigenvalue weighted by Gasteiger charge is 2.22. The van der Waals surface area contributed by atoms with E-state index in [1.165, 1.54) is 5.56 Å². The van der Waals surface area contributed by atoms with Crippen LogP contribution in [0.25, 0.3) is 5.57 Å². The molecule has 0 saturated carbocycles. The summed E-state index contributed by atoms with van der Waals surface area (Å²) in [5.74, 6) is 1.61. The normalized spacial score (nSPS) is 15.4. The minimum atomic E-state index is 0.0882. The van der Waals surface area contributed by atoms with Gasteiger partial charge in [0.2, 0.25) is 11.9 Å². The molecular weight excluding hydrogens is 348 g/mol. The van der Waals surface area contributed by atoms with E-state index in [0.29, 0.717) is 19.0 Å². The van der Waals surface area contributed by atoms with Crippen LogP contribution >= 0.6 is 0 Å². The Morgan fingerprint density at radius 3 is 2.11 bits per heavy atom. The van der Waals surface area contributed by atoms with Crippen LogP contribution in [0.15, 0.2) is 48.8 Å². The molecule has 2 aromatic rings. The molecule has 0 spiro atoms. The molecule has 0 aliphatic carbocycles. The van der Waals surface area contributed by atoms with Gasteiger partial charge in [-0.05, 0) is 34.6 Å². The van der Waals surface area contributed by atoms with Crippen molar-refractivity contribution in [3.05, 3.63) is 59.9 Å². The van der Waals surface area contributed by atoms with Crippen LogP contribution in [-0.2, 0) is 4.79 Å². The van der Waals surface area contributed by atoms with Crippen molar-refractivity contribution in [2.45, 2.75) is 33.6 Å². The predicted octanol–water partition coefficient (Wildman–Crippen LogP) is 3.99. The highest BCUT2D eigenvalue weighted by atomic mass is 16.2. The van der Waals surface area contributed by atoms with Gasteiger partial charge in [-0.1, -0.05) is 52.0 Å². The summed E-state index contributed by atoms with van der Waals surface area (Å²) in [6.45, 7) is 11.5. The summed E-state index contributed by atoms with van der Waals surface area (Å²) in [6.07, 6.45) is 5.33. The molecule has 0 atom stereocenters. The fourth-order valence-electron chi connectivity index (χ4n) is 3.45. The van der Waals surface area contributed by atoms with E-state index >= 15 is 0 Å². The van der Waals surface area contributed by atoms with Gasteiger partial charge in [0.15, 0.2) is 0 Å². The Labute approximate surface area is 168 Å². The minimum absolute atomic E-state index is 0.0882. The number of amides is 1. The van der Waals surface area contributed by atoms with Crippen molar-refractivity contribution >= 4 is 17.4 Å². The first-order valence-corrected chi connectivity index (χ1v) is 10.1. The second-order valence-electron chi connectivity index (χ2n) is 7.89. The zero-order chi connectivity index (χ0) is 20.1. The lowest BCUT2D eigenvalue weighted by molar-refractivity contribution is -0.126. The monoisotopic (exact) mass is 378 g/mol. The van der Waals surface area contributed by atoms with E-state index in [2.05, 4.69) is 66.8 Å². The Hall–Kier alpha value is -2.69. The van der Waals surface area contributed by atoms with Gasteiger partial charge in [0.05, 0.1) is 0 Å². The van der Waals surface area contributed by atoms with Gasteiger partial charge in [0.1, 0.15) is 0 Å². The van der Waals surface area contributed by atoms with E-state index in [4.69, 9.17) is 0 Å². The summed E-state index contributed by atoms with van der Waals surface area (Å²) in [5, 5.41) is 0. The zero-order valence-electron chi connectivity index (χ0n) is 17.3. The van der Waals surface area contributed by atoms with Crippen molar-refractivity contribution in [3.63, 3.8) is 0 Å². The maximum absolute atomic E-state index is 12.9. The molecule has 5 nitrogen and oxygen atoms in total. The van der Waals surface area contributed by atoms with Crippen LogP contribution in [0.1, 0.15) is 44.7 Å². The number of piperazine rings is 1. The van der Waals surface area contributed by atoms with E-state index in [1.807, 2.05) is 17.0 Å². The van der Waals surface area contributed by atoms with Gasteiger partial charge in [0.25, 0.3) is 0 Å². The lowest BCUT2D eigenvalue weighted by Gasteiger charge is -2.34. The van der Waals surface area contributed by atoms with Crippen LogP contribution in [0, 0.1) is 5.92 Å². The number of hydrogen-bond acceptors (Lipinski definition) is 4. The smallest absolute Gasteiger partial charge is 0.246 e. The van der Waals surface area contributed by atoms with Gasteiger partial charge in [-0.3, -0.25) is 4.79 Å². The molecule has 1 aliphatic rings. The van der Waals surface area contributed by atoms with Crippen LogP contribution in [0.2, 0.25) is 0 Å². The number of aromatic nitrogens is 2. The third kappa shape index (κ3) is 4.77. The van der Waals surface area contributed by atoms with Crippen LogP contribution in [-0.4, -0.2) is 47.0 Å². The molecule has 1 saturated heterocycles. The van der Waals surface area contributed by atoms with Gasteiger partial charge < -0.3 is 9.80 Å². The van der Waals surface area contributed by atoms with Crippen molar-refractivity contribution in [2.75, 3.05) is 31.1 Å². The molecule has 1 aromatic carbocycles. The van der Waals surface area contributed by atoms with E-state index < -0.39 is 0 Å². The van der Waals surface area contributed by atoms with E-state index in [0.717, 1.165) is 30.2 Å². The second kappa shape index (κ2) is 9.00. The molecule has 1 aliphatic heterocycles. The second-order valence-corrected chi connectivity index (χ2v) is 7.89. The maximum Gasteiger partial charge on any atom is 0.246 e. The number of carbonyl (C=O) groups is 1. The number of allylic oxidation sites excluding steroid dienone is 1. The molecule has 148 valence electrons. The van der Waals surface area contributed by atoms with Crippen molar-refractivity contribution in [1.29, 1.82) is 0 Å². The zero-order valence-corrected chi connectivity index (χ0v) is 17.3. The summed E-state index contributed by atoms with van der Waals surface area (Å²) in [5.41, 5.74) is 3.54. The van der Waals surface area contributed by atoms with Crippen molar-refractivity contribution in [3.8, 4) is 0 Å². The van der Waals surface area contributed by atoms with Crippen LogP contribution in [0.5, 0.6) is 0 Å². The molecular formula is C23H30N4O. The summed E-state index contributed by atoms with van der Waals surface area (Å²) in [4.78, 5) is 25.6. The van der Waals surface area contributed by atoms with Gasteiger partial charge in [-0.2, -0.15) is 0 Å². The summed E-state index contributed by atoms with van der Waals surface area (Å²) >= 11 is 0. The Kier molecular flexibility index (Phi) is 6.45. The van der Waals surface area contributed by atoms with Gasteiger partial charge in [-0.15, -0.1) is 0 Å². The van der Waals surface area contributed by atoms with Gasteiger partial charge in [-0.25, -0.2) is 9.97 Å². The van der Waals surface area contributed by atoms with E-state index in [1.54, 1.807) is 12.4 Å². The van der Waals surface area contributed by atoms with Crippen molar-refractivity contribution in [1.82, 2.24) is 14.9 Å². The number of benzene rings is 1. The Morgan fingerprint density at radius 2 is 1.57 bits per heavy atom. The summed E-state index contributed by atoms with van der Waals surface area (Å²) < 4.78 is 0. The topological polar surface area (TPSA) is 49.3 Å². The quantitative estimate of drug-likeness (QED) is 0.738. The van der Waals surface area contributed by atoms with E-state index in [-0.39, 0.29) is 11.8 Å². The number of carbonyl (C=O) groups excluding carboxylic acids is 1. The highest BCUT2D eigenvalue weighted by Crippen LogP contribution is 2.25. The molecule has 0 bridgehead atoms. The average Bonchev–Trinajstić information content (AvgIpc) is 2.72. The molecule has 2 heterocycles. The first-order chi connectivity index (χ1) is 13.5. The third-order valence-corrected chi connectivity index (χ3v) is 5.24. The summed E-state index contributed by atoms with van der Waals surface area (Å²) in [7, 11) is 0. The average molecular weight is 379 g/mol. The number of hydrogen-bond donors (Lipinski definition) is 0. The van der Waals surface area contributed by atoms with Crippen molar-refractivity contribution in [2.24, 2.45) is 5.92 Å². The molecule has 3 rings (SSSR count). The van der Waals surface area contributed by atoms with Crippen LogP contribution < -0.4 is 4.90 Å². The van der Waals surface area contributed by atoms with Gasteiger partial charge in [0, 0.05) is 44.6 Å². The largest absolute Gasteiger partial charge is 0.337 e. The number of anilines is 1. The molecule has 1 fully saturated rings.